The van der Waals surface area contributed by atoms with Crippen molar-refractivity contribution in [2.75, 3.05) is 45.9 Å². The molecule has 0 aliphatic carbocycles. The van der Waals surface area contributed by atoms with Gasteiger partial charge in [-0.3, -0.25) is 4.90 Å². The summed E-state index contributed by atoms with van der Waals surface area (Å²) in [7, 11) is 1.97. The lowest BCUT2D eigenvalue weighted by Crippen LogP contribution is -2.52. The van der Waals surface area contributed by atoms with E-state index in [1.807, 2.05) is 31.5 Å². The number of aryl methyl sites for hydroxylation is 1. The molecule has 0 atom stereocenters. The van der Waals surface area contributed by atoms with E-state index in [1.54, 1.807) is 6.26 Å². The van der Waals surface area contributed by atoms with E-state index in [4.69, 9.17) is 14.3 Å². The first-order valence-corrected chi connectivity index (χ1v) is 10.2. The minimum atomic E-state index is 0.504. The van der Waals surface area contributed by atoms with Crippen LogP contribution in [0.25, 0.3) is 0 Å². The number of guanidine groups is 1. The van der Waals surface area contributed by atoms with Gasteiger partial charge in [-0.15, -0.1) is 10.2 Å². The van der Waals surface area contributed by atoms with Crippen LogP contribution >= 0.6 is 0 Å². The van der Waals surface area contributed by atoms with E-state index in [1.165, 1.54) is 0 Å². The Morgan fingerprint density at radius 1 is 1.28 bits per heavy atom. The lowest BCUT2D eigenvalue weighted by molar-refractivity contribution is 0.144. The molecule has 1 saturated heterocycles. The Hall–Kier alpha value is -2.46. The molecule has 29 heavy (non-hydrogen) atoms. The summed E-state index contributed by atoms with van der Waals surface area (Å²) in [6, 6.07) is 1.92. The topological polar surface area (TPSA) is 96.8 Å². The van der Waals surface area contributed by atoms with Crippen molar-refractivity contribution in [1.82, 2.24) is 35.0 Å². The number of ether oxygens (including phenoxy) is 1. The van der Waals surface area contributed by atoms with E-state index in [0.717, 1.165) is 82.2 Å². The maximum Gasteiger partial charge on any atom is 0.194 e. The predicted octanol–water partition coefficient (Wildman–Crippen LogP) is 0.802. The highest BCUT2D eigenvalue weighted by atomic mass is 16.5. The molecule has 160 valence electrons. The molecule has 0 saturated carbocycles. The Balaban J connectivity index is 1.56. The summed E-state index contributed by atoms with van der Waals surface area (Å²) < 4.78 is 12.3. The van der Waals surface area contributed by atoms with E-state index >= 15 is 0 Å². The maximum absolute atomic E-state index is 5.44. The summed E-state index contributed by atoms with van der Waals surface area (Å²) in [5.74, 6) is 2.67. The molecule has 1 fully saturated rings. The second-order valence-corrected chi connectivity index (χ2v) is 7.09. The van der Waals surface area contributed by atoms with Crippen LogP contribution < -0.4 is 5.32 Å². The third kappa shape index (κ3) is 6.26. The first kappa shape index (κ1) is 21.3. The molecule has 0 unspecified atom stereocenters. The van der Waals surface area contributed by atoms with Gasteiger partial charge in [0, 0.05) is 65.6 Å². The maximum atomic E-state index is 5.44. The molecule has 0 amide bonds. The summed E-state index contributed by atoms with van der Waals surface area (Å²) in [6.45, 7) is 11.3. The van der Waals surface area contributed by atoms with E-state index in [0.29, 0.717) is 6.54 Å². The molecule has 1 aliphatic rings. The molecular weight excluding hydrogens is 372 g/mol. The zero-order chi connectivity index (χ0) is 20.5. The fourth-order valence-corrected chi connectivity index (χ4v) is 3.19. The summed E-state index contributed by atoms with van der Waals surface area (Å²) in [4.78, 5) is 9.52. The second-order valence-electron chi connectivity index (χ2n) is 7.09. The number of aliphatic imine (C=N–C) groups is 1. The Bertz CT molecular complexity index is 750. The van der Waals surface area contributed by atoms with Crippen LogP contribution in [0.3, 0.4) is 0 Å². The van der Waals surface area contributed by atoms with E-state index in [-0.39, 0.29) is 0 Å². The number of hydrogen-bond donors (Lipinski definition) is 1. The van der Waals surface area contributed by atoms with Crippen molar-refractivity contribution in [3.8, 4) is 0 Å². The monoisotopic (exact) mass is 404 g/mol. The Labute approximate surface area is 171 Å². The summed E-state index contributed by atoms with van der Waals surface area (Å²) in [5, 5.41) is 15.9. The van der Waals surface area contributed by atoms with Crippen molar-refractivity contribution in [3.63, 3.8) is 0 Å². The van der Waals surface area contributed by atoms with E-state index in [2.05, 4.69) is 30.5 Å². The highest BCUT2D eigenvalue weighted by Crippen LogP contribution is 2.08. The molecule has 2 aromatic heterocycles. The number of hydrogen-bond acceptors (Lipinski definition) is 7. The fraction of sp³-hybridized carbons (Fsp3) is 0.684. The molecule has 10 heteroatoms. The van der Waals surface area contributed by atoms with Crippen LogP contribution in [0.2, 0.25) is 0 Å². The zero-order valence-electron chi connectivity index (χ0n) is 17.7. The van der Waals surface area contributed by atoms with Crippen LogP contribution in [0.5, 0.6) is 0 Å². The first-order valence-electron chi connectivity index (χ1n) is 10.2. The molecule has 0 radical (unpaired) electrons. The van der Waals surface area contributed by atoms with Crippen molar-refractivity contribution >= 4 is 5.96 Å². The van der Waals surface area contributed by atoms with Gasteiger partial charge in [-0.05, 0) is 20.3 Å². The predicted molar refractivity (Wildman–Crippen MR) is 109 cm³/mol. The van der Waals surface area contributed by atoms with Crippen LogP contribution in [0, 0.1) is 6.92 Å². The molecule has 0 bridgehead atoms. The van der Waals surface area contributed by atoms with Gasteiger partial charge < -0.3 is 24.0 Å². The molecule has 1 aliphatic heterocycles. The van der Waals surface area contributed by atoms with E-state index in [9.17, 15) is 0 Å². The third-order valence-electron chi connectivity index (χ3n) is 5.05. The van der Waals surface area contributed by atoms with Gasteiger partial charge in [0.15, 0.2) is 11.8 Å². The normalized spacial score (nSPS) is 15.8. The highest BCUT2D eigenvalue weighted by Gasteiger charge is 2.20. The van der Waals surface area contributed by atoms with Gasteiger partial charge in [-0.1, -0.05) is 5.16 Å². The molecule has 3 rings (SSSR count). The van der Waals surface area contributed by atoms with Crippen LogP contribution in [-0.4, -0.2) is 81.6 Å². The van der Waals surface area contributed by atoms with Gasteiger partial charge in [0.2, 0.25) is 0 Å². The average Bonchev–Trinajstić information content (AvgIpc) is 3.35. The third-order valence-corrected chi connectivity index (χ3v) is 5.05. The van der Waals surface area contributed by atoms with Crippen LogP contribution in [0.4, 0.5) is 0 Å². The largest absolute Gasteiger partial charge is 0.382 e. The molecule has 3 heterocycles. The first-order chi connectivity index (χ1) is 14.2. The molecular formula is C19H32N8O2. The Morgan fingerprint density at radius 2 is 2.10 bits per heavy atom. The molecule has 0 aromatic carbocycles. The van der Waals surface area contributed by atoms with Gasteiger partial charge in [0.25, 0.3) is 0 Å². The highest BCUT2D eigenvalue weighted by molar-refractivity contribution is 5.80. The molecule has 2 aromatic rings. The van der Waals surface area contributed by atoms with Crippen molar-refractivity contribution in [1.29, 1.82) is 0 Å². The summed E-state index contributed by atoms with van der Waals surface area (Å²) >= 11 is 0. The number of aromatic nitrogens is 4. The lowest BCUT2D eigenvalue weighted by Gasteiger charge is -2.36. The summed E-state index contributed by atoms with van der Waals surface area (Å²) in [6.07, 6.45) is 2.57. The van der Waals surface area contributed by atoms with Gasteiger partial charge in [-0.25, -0.2) is 4.99 Å². The number of nitrogens with one attached hydrogen (secondary N) is 1. The van der Waals surface area contributed by atoms with Crippen molar-refractivity contribution in [2.45, 2.75) is 33.4 Å². The standard InChI is InChI=1S/C19H32N8O2/c1-4-28-12-5-7-20-19(21-14-18-23-22-16(2)25(18)3)27-10-8-26(9-11-27)15-17-6-13-29-24-17/h6,13H,4-5,7-12,14-15H2,1-3H3,(H,20,21). The van der Waals surface area contributed by atoms with Crippen molar-refractivity contribution in [2.24, 2.45) is 12.0 Å². The smallest absolute Gasteiger partial charge is 0.194 e. The number of rotatable bonds is 9. The van der Waals surface area contributed by atoms with Crippen LogP contribution in [-0.2, 0) is 24.9 Å². The molecule has 0 spiro atoms. The quantitative estimate of drug-likeness (QED) is 0.372. The van der Waals surface area contributed by atoms with Crippen molar-refractivity contribution in [3.05, 3.63) is 29.7 Å². The van der Waals surface area contributed by atoms with Gasteiger partial charge in [0.05, 0.1) is 5.69 Å². The zero-order valence-corrected chi connectivity index (χ0v) is 17.7. The van der Waals surface area contributed by atoms with Gasteiger partial charge in [-0.2, -0.15) is 0 Å². The number of nitrogens with zero attached hydrogens (tertiary/aromatic N) is 7. The second kappa shape index (κ2) is 10.9. The molecule has 1 N–H and O–H groups in total. The summed E-state index contributed by atoms with van der Waals surface area (Å²) in [5.41, 5.74) is 0.971. The average molecular weight is 405 g/mol. The SMILES string of the molecule is CCOCCCNC(=NCc1nnc(C)n1C)N1CCN(Cc2ccon2)CC1. The van der Waals surface area contributed by atoms with Gasteiger partial charge >= 0.3 is 0 Å². The van der Waals surface area contributed by atoms with Crippen LogP contribution in [0.15, 0.2) is 21.8 Å². The Morgan fingerprint density at radius 3 is 2.76 bits per heavy atom. The minimum absolute atomic E-state index is 0.504. The van der Waals surface area contributed by atoms with E-state index < -0.39 is 0 Å². The lowest BCUT2D eigenvalue weighted by atomic mass is 10.3. The number of piperazine rings is 1. The Kier molecular flexibility index (Phi) is 8.00. The molecule has 10 nitrogen and oxygen atoms in total. The van der Waals surface area contributed by atoms with Crippen molar-refractivity contribution < 1.29 is 9.26 Å². The minimum Gasteiger partial charge on any atom is -0.382 e. The van der Waals surface area contributed by atoms with Gasteiger partial charge in [0.1, 0.15) is 18.6 Å². The van der Waals surface area contributed by atoms with Crippen LogP contribution in [0.1, 0.15) is 30.7 Å². The fourth-order valence-electron chi connectivity index (χ4n) is 3.19.